The molecule has 0 aromatic carbocycles. The highest BCUT2D eigenvalue weighted by atomic mass is 16.5. The van der Waals surface area contributed by atoms with Gasteiger partial charge in [0, 0.05) is 13.1 Å². The van der Waals surface area contributed by atoms with Crippen molar-refractivity contribution >= 4 is 11.8 Å². The molecule has 0 amide bonds. The van der Waals surface area contributed by atoms with Gasteiger partial charge >= 0.3 is 5.97 Å². The van der Waals surface area contributed by atoms with Gasteiger partial charge in [0.2, 0.25) is 5.89 Å². The van der Waals surface area contributed by atoms with E-state index in [1.807, 2.05) is 0 Å². The maximum atomic E-state index is 10.7. The van der Waals surface area contributed by atoms with E-state index in [4.69, 9.17) is 9.63 Å². The molecule has 7 nitrogen and oxygen atoms in total. The third kappa shape index (κ3) is 2.77. The summed E-state index contributed by atoms with van der Waals surface area (Å²) < 4.78 is 4.80. The van der Waals surface area contributed by atoms with E-state index in [1.54, 1.807) is 6.92 Å². The lowest BCUT2D eigenvalue weighted by atomic mass is 10.2. The van der Waals surface area contributed by atoms with Crippen LogP contribution in [0.1, 0.15) is 22.1 Å². The minimum Gasteiger partial charge on any atom is -0.478 e. The van der Waals surface area contributed by atoms with Crippen molar-refractivity contribution in [1.29, 1.82) is 0 Å². The van der Waals surface area contributed by atoms with Gasteiger partial charge in [-0.05, 0) is 12.1 Å². The molecule has 17 heavy (non-hydrogen) atoms. The first-order chi connectivity index (χ1) is 8.15. The number of aromatic carboxylic acids is 1. The van der Waals surface area contributed by atoms with Gasteiger partial charge in [-0.1, -0.05) is 5.16 Å². The zero-order valence-corrected chi connectivity index (χ0v) is 9.04. The Morgan fingerprint density at radius 2 is 2.41 bits per heavy atom. The quantitative estimate of drug-likeness (QED) is 0.816. The molecule has 0 fully saturated rings. The van der Waals surface area contributed by atoms with E-state index in [0.29, 0.717) is 24.1 Å². The average Bonchev–Trinajstić information content (AvgIpc) is 2.73. The normalized spacial score (nSPS) is 10.2. The van der Waals surface area contributed by atoms with Gasteiger partial charge in [0.05, 0.1) is 12.1 Å². The monoisotopic (exact) mass is 234 g/mol. The van der Waals surface area contributed by atoms with E-state index in [2.05, 4.69) is 20.4 Å². The molecular weight excluding hydrogens is 224 g/mol. The van der Waals surface area contributed by atoms with Crippen LogP contribution in [0.15, 0.2) is 22.9 Å². The molecule has 0 aliphatic heterocycles. The van der Waals surface area contributed by atoms with Gasteiger partial charge < -0.3 is 14.9 Å². The number of rotatable bonds is 4. The van der Waals surface area contributed by atoms with Crippen LogP contribution in [0.2, 0.25) is 0 Å². The summed E-state index contributed by atoms with van der Waals surface area (Å²) >= 11 is 0. The van der Waals surface area contributed by atoms with E-state index >= 15 is 0 Å². The van der Waals surface area contributed by atoms with Gasteiger partial charge in [-0.3, -0.25) is 0 Å². The van der Waals surface area contributed by atoms with E-state index in [1.165, 1.54) is 18.3 Å². The summed E-state index contributed by atoms with van der Waals surface area (Å²) in [7, 11) is 0. The summed E-state index contributed by atoms with van der Waals surface area (Å²) in [5.41, 5.74) is 0.173. The Hall–Kier alpha value is -2.44. The van der Waals surface area contributed by atoms with E-state index < -0.39 is 5.97 Å². The number of aryl methyl sites for hydroxylation is 1. The van der Waals surface area contributed by atoms with Gasteiger partial charge in [0.1, 0.15) is 5.82 Å². The third-order valence-corrected chi connectivity index (χ3v) is 2.00. The molecule has 0 aliphatic carbocycles. The van der Waals surface area contributed by atoms with Crippen molar-refractivity contribution in [3.63, 3.8) is 0 Å². The Kier molecular flexibility index (Phi) is 2.99. The van der Waals surface area contributed by atoms with Gasteiger partial charge in [-0.15, -0.1) is 0 Å². The summed E-state index contributed by atoms with van der Waals surface area (Å²) in [6.45, 7) is 2.02. The third-order valence-electron chi connectivity index (χ3n) is 2.00. The highest BCUT2D eigenvalue weighted by molar-refractivity contribution is 5.88. The highest BCUT2D eigenvalue weighted by Crippen LogP contribution is 2.07. The van der Waals surface area contributed by atoms with Gasteiger partial charge in [0.25, 0.3) is 0 Å². The molecule has 0 atom stereocenters. The predicted molar refractivity (Wildman–Crippen MR) is 57.6 cm³/mol. The van der Waals surface area contributed by atoms with Crippen LogP contribution in [0.5, 0.6) is 0 Å². The molecule has 0 saturated carbocycles. The lowest BCUT2D eigenvalue weighted by molar-refractivity contribution is 0.0697. The first-order valence-corrected chi connectivity index (χ1v) is 4.87. The Balaban J connectivity index is 2.04. The number of hydrogen-bond acceptors (Lipinski definition) is 6. The molecule has 2 aromatic rings. The van der Waals surface area contributed by atoms with E-state index in [0.717, 1.165) is 0 Å². The Bertz CT molecular complexity index is 538. The zero-order valence-electron chi connectivity index (χ0n) is 9.04. The fourth-order valence-electron chi connectivity index (χ4n) is 1.24. The zero-order chi connectivity index (χ0) is 12.3. The molecule has 0 saturated heterocycles. The van der Waals surface area contributed by atoms with Crippen LogP contribution in [-0.4, -0.2) is 26.2 Å². The second-order valence-corrected chi connectivity index (χ2v) is 3.32. The Labute approximate surface area is 96.5 Å². The van der Waals surface area contributed by atoms with Gasteiger partial charge in [-0.25, -0.2) is 9.78 Å². The molecule has 7 heteroatoms. The summed E-state index contributed by atoms with van der Waals surface area (Å²) in [5, 5.41) is 15.4. The highest BCUT2D eigenvalue weighted by Gasteiger charge is 2.05. The number of nitrogens with one attached hydrogen (secondary N) is 1. The number of aromatic nitrogens is 3. The standard InChI is InChI=1S/C10H10N4O3/c1-6-13-9(14-17-6)5-12-8-4-7(10(15)16)2-3-11-8/h2-4H,5H2,1H3,(H,11,12)(H,15,16). The molecule has 0 spiro atoms. The minimum atomic E-state index is -0.995. The number of carboxylic acids is 1. The SMILES string of the molecule is Cc1nc(CNc2cc(C(=O)O)ccn2)no1. The topological polar surface area (TPSA) is 101 Å². The molecule has 2 aromatic heterocycles. The van der Waals surface area contributed by atoms with Crippen molar-refractivity contribution in [2.75, 3.05) is 5.32 Å². The Morgan fingerprint density at radius 3 is 3.06 bits per heavy atom. The van der Waals surface area contributed by atoms with Crippen LogP contribution in [0.4, 0.5) is 5.82 Å². The van der Waals surface area contributed by atoms with Crippen molar-refractivity contribution in [2.45, 2.75) is 13.5 Å². The summed E-state index contributed by atoms with van der Waals surface area (Å²) in [5.74, 6) is 0.428. The lowest BCUT2D eigenvalue weighted by Gasteiger charge is -2.02. The number of anilines is 1. The summed E-state index contributed by atoms with van der Waals surface area (Å²) in [4.78, 5) is 18.7. The lowest BCUT2D eigenvalue weighted by Crippen LogP contribution is -2.05. The van der Waals surface area contributed by atoms with Gasteiger partial charge in [-0.2, -0.15) is 4.98 Å². The average molecular weight is 234 g/mol. The number of carboxylic acid groups (broad SMARTS) is 1. The van der Waals surface area contributed by atoms with Gasteiger partial charge in [0.15, 0.2) is 5.82 Å². The van der Waals surface area contributed by atoms with Crippen LogP contribution >= 0.6 is 0 Å². The molecule has 2 N–H and O–H groups in total. The first-order valence-electron chi connectivity index (χ1n) is 4.87. The molecule has 0 bridgehead atoms. The molecular formula is C10H10N4O3. The van der Waals surface area contributed by atoms with E-state index in [9.17, 15) is 4.79 Å². The van der Waals surface area contributed by atoms with Crippen LogP contribution < -0.4 is 5.32 Å². The second-order valence-electron chi connectivity index (χ2n) is 3.32. The predicted octanol–water partition coefficient (Wildman–Crippen LogP) is 1.08. The Morgan fingerprint density at radius 1 is 1.59 bits per heavy atom. The second kappa shape index (κ2) is 4.60. The van der Waals surface area contributed by atoms with Crippen molar-refractivity contribution in [3.8, 4) is 0 Å². The van der Waals surface area contributed by atoms with Crippen LogP contribution in [0, 0.1) is 6.92 Å². The number of nitrogens with zero attached hydrogens (tertiary/aromatic N) is 3. The van der Waals surface area contributed by atoms with Crippen LogP contribution in [0.3, 0.4) is 0 Å². The van der Waals surface area contributed by atoms with Crippen molar-refractivity contribution in [2.24, 2.45) is 0 Å². The maximum Gasteiger partial charge on any atom is 0.335 e. The number of hydrogen-bond donors (Lipinski definition) is 2. The number of pyridine rings is 1. The molecule has 0 unspecified atom stereocenters. The first kappa shape index (κ1) is 11.1. The molecule has 0 radical (unpaired) electrons. The largest absolute Gasteiger partial charge is 0.478 e. The van der Waals surface area contributed by atoms with Crippen molar-refractivity contribution in [3.05, 3.63) is 35.6 Å². The summed E-state index contributed by atoms with van der Waals surface area (Å²) in [6.07, 6.45) is 1.42. The molecule has 2 rings (SSSR count). The molecule has 88 valence electrons. The fraction of sp³-hybridized carbons (Fsp3) is 0.200. The fourth-order valence-corrected chi connectivity index (χ4v) is 1.24. The maximum absolute atomic E-state index is 10.7. The number of carbonyl (C=O) groups is 1. The van der Waals surface area contributed by atoms with E-state index in [-0.39, 0.29) is 5.56 Å². The summed E-state index contributed by atoms with van der Waals surface area (Å²) in [6, 6.07) is 2.86. The smallest absolute Gasteiger partial charge is 0.335 e. The molecule has 2 heterocycles. The van der Waals surface area contributed by atoms with Crippen LogP contribution in [0.25, 0.3) is 0 Å². The van der Waals surface area contributed by atoms with Crippen molar-refractivity contribution in [1.82, 2.24) is 15.1 Å². The van der Waals surface area contributed by atoms with Crippen LogP contribution in [-0.2, 0) is 6.54 Å². The minimum absolute atomic E-state index is 0.173. The molecule has 0 aliphatic rings. The van der Waals surface area contributed by atoms with Crippen molar-refractivity contribution < 1.29 is 14.4 Å².